The Morgan fingerprint density at radius 1 is 1.33 bits per heavy atom. The van der Waals surface area contributed by atoms with Gasteiger partial charge in [0.25, 0.3) is 0 Å². The summed E-state index contributed by atoms with van der Waals surface area (Å²) < 4.78 is 0. The summed E-state index contributed by atoms with van der Waals surface area (Å²) >= 11 is 0. The van der Waals surface area contributed by atoms with Crippen molar-refractivity contribution in [3.05, 3.63) is 36.0 Å². The molecule has 3 aliphatic rings. The summed E-state index contributed by atoms with van der Waals surface area (Å²) in [6, 6.07) is 0. The van der Waals surface area contributed by atoms with Crippen molar-refractivity contribution in [3.8, 4) is 0 Å². The Bertz CT molecular complexity index is 423. The van der Waals surface area contributed by atoms with Crippen LogP contribution in [0.2, 0.25) is 0 Å². The second-order valence-electron chi connectivity index (χ2n) is 5.52. The van der Waals surface area contributed by atoms with Crippen molar-refractivity contribution in [3.63, 3.8) is 0 Å². The van der Waals surface area contributed by atoms with Gasteiger partial charge in [-0.3, -0.25) is 4.79 Å². The third-order valence-electron chi connectivity index (χ3n) is 4.32. The number of hydrogen-bond acceptors (Lipinski definition) is 1. The van der Waals surface area contributed by atoms with Gasteiger partial charge in [0.15, 0.2) is 0 Å². The maximum atomic E-state index is 12.2. The fraction of sp³-hybridized carbons (Fsp3) is 0.500. The summed E-state index contributed by atoms with van der Waals surface area (Å²) in [6.45, 7) is 4.51. The van der Waals surface area contributed by atoms with E-state index in [9.17, 15) is 4.79 Å². The molecule has 1 spiro atoms. The molecular formula is C14H16O. The van der Waals surface area contributed by atoms with Crippen LogP contribution in [0.25, 0.3) is 0 Å². The first-order valence-corrected chi connectivity index (χ1v) is 5.70. The molecule has 15 heavy (non-hydrogen) atoms. The molecule has 78 valence electrons. The lowest BCUT2D eigenvalue weighted by Crippen LogP contribution is -2.33. The molecule has 0 aromatic carbocycles. The number of Topliss-reactive ketones (excluding diaryl/α,β-unsaturated/α-hetero) is 1. The minimum atomic E-state index is -0.252. The monoisotopic (exact) mass is 200 g/mol. The molecule has 1 saturated carbocycles. The van der Waals surface area contributed by atoms with Crippen LogP contribution in [0, 0.1) is 16.7 Å². The molecule has 2 unspecified atom stereocenters. The highest BCUT2D eigenvalue weighted by atomic mass is 16.1. The minimum Gasteiger partial charge on any atom is -0.298 e. The molecule has 1 fully saturated rings. The van der Waals surface area contributed by atoms with Crippen LogP contribution in [0.1, 0.15) is 26.7 Å². The number of carbonyl (C=O) groups is 1. The average molecular weight is 200 g/mol. The number of carbonyl (C=O) groups excluding carboxylic acids is 1. The summed E-state index contributed by atoms with van der Waals surface area (Å²) in [6.07, 6.45) is 12.4. The minimum absolute atomic E-state index is 0.167. The largest absolute Gasteiger partial charge is 0.298 e. The van der Waals surface area contributed by atoms with Crippen LogP contribution in [0.4, 0.5) is 0 Å². The van der Waals surface area contributed by atoms with Crippen molar-refractivity contribution in [1.82, 2.24) is 0 Å². The Kier molecular flexibility index (Phi) is 1.54. The normalized spacial score (nSPS) is 40.3. The summed E-state index contributed by atoms with van der Waals surface area (Å²) in [5.74, 6) is 0.902. The molecule has 0 aromatic heterocycles. The molecule has 0 aromatic rings. The van der Waals surface area contributed by atoms with E-state index in [1.165, 1.54) is 5.57 Å². The highest BCUT2D eigenvalue weighted by Gasteiger charge is 2.58. The zero-order chi connectivity index (χ0) is 10.7. The predicted molar refractivity (Wildman–Crippen MR) is 60.3 cm³/mol. The molecule has 3 aliphatic carbocycles. The van der Waals surface area contributed by atoms with E-state index < -0.39 is 0 Å². The Hall–Kier alpha value is -1.11. The first-order chi connectivity index (χ1) is 7.07. The maximum absolute atomic E-state index is 12.2. The van der Waals surface area contributed by atoms with Crippen LogP contribution in [0.15, 0.2) is 36.0 Å². The second kappa shape index (κ2) is 2.52. The predicted octanol–water partition coefficient (Wildman–Crippen LogP) is 3.04. The van der Waals surface area contributed by atoms with E-state index >= 15 is 0 Å². The number of rotatable bonds is 0. The zero-order valence-electron chi connectivity index (χ0n) is 9.29. The fourth-order valence-electron chi connectivity index (χ4n) is 3.70. The van der Waals surface area contributed by atoms with Crippen LogP contribution < -0.4 is 0 Å². The van der Waals surface area contributed by atoms with E-state index in [2.05, 4.69) is 32.1 Å². The van der Waals surface area contributed by atoms with Crippen LogP contribution in [0.5, 0.6) is 0 Å². The van der Waals surface area contributed by atoms with Crippen LogP contribution in [-0.2, 0) is 4.79 Å². The summed E-state index contributed by atoms with van der Waals surface area (Å²) in [7, 11) is 0. The van der Waals surface area contributed by atoms with Crippen molar-refractivity contribution in [1.29, 1.82) is 0 Å². The average Bonchev–Trinajstić information content (AvgIpc) is 2.60. The van der Waals surface area contributed by atoms with Crippen LogP contribution >= 0.6 is 0 Å². The molecule has 3 rings (SSSR count). The van der Waals surface area contributed by atoms with Gasteiger partial charge in [0.1, 0.15) is 5.78 Å². The van der Waals surface area contributed by atoms with Crippen LogP contribution in [-0.4, -0.2) is 5.78 Å². The second-order valence-corrected chi connectivity index (χ2v) is 5.52. The van der Waals surface area contributed by atoms with E-state index in [1.807, 2.05) is 12.2 Å². The molecule has 0 amide bonds. The molecule has 2 atom stereocenters. The van der Waals surface area contributed by atoms with E-state index in [-0.39, 0.29) is 10.8 Å². The van der Waals surface area contributed by atoms with Crippen molar-refractivity contribution in [2.75, 3.05) is 0 Å². The highest BCUT2D eigenvalue weighted by molar-refractivity contribution is 5.94. The standard InChI is InChI=1S/C14H16O/c1-13(2)9-10-5-3-4-8-14(10)11(13)6-7-12(14)15/h3-5,8-9,11H,6-7H2,1-2H3. The summed E-state index contributed by atoms with van der Waals surface area (Å²) in [4.78, 5) is 12.2. The molecule has 0 N–H and O–H groups in total. The Balaban J connectivity index is 2.23. The van der Waals surface area contributed by atoms with E-state index in [0.29, 0.717) is 11.7 Å². The molecule has 0 bridgehead atoms. The number of hydrogen-bond donors (Lipinski definition) is 0. The summed E-state index contributed by atoms with van der Waals surface area (Å²) in [5.41, 5.74) is 1.15. The van der Waals surface area contributed by atoms with Gasteiger partial charge in [-0.15, -0.1) is 0 Å². The Morgan fingerprint density at radius 3 is 2.93 bits per heavy atom. The SMILES string of the molecule is CC1(C)C=C2C=CC=CC23C(=O)CCC13. The number of allylic oxidation sites excluding steroid dienone is 6. The van der Waals surface area contributed by atoms with Crippen molar-refractivity contribution >= 4 is 5.78 Å². The molecular weight excluding hydrogens is 184 g/mol. The van der Waals surface area contributed by atoms with Gasteiger partial charge in [0, 0.05) is 6.42 Å². The van der Waals surface area contributed by atoms with Gasteiger partial charge in [-0.2, -0.15) is 0 Å². The molecule has 1 heteroatoms. The summed E-state index contributed by atoms with van der Waals surface area (Å²) in [5, 5.41) is 0. The lowest BCUT2D eigenvalue weighted by Gasteiger charge is -2.33. The van der Waals surface area contributed by atoms with Gasteiger partial charge in [-0.1, -0.05) is 44.2 Å². The van der Waals surface area contributed by atoms with Gasteiger partial charge < -0.3 is 0 Å². The zero-order valence-corrected chi connectivity index (χ0v) is 9.29. The van der Waals surface area contributed by atoms with E-state index in [4.69, 9.17) is 0 Å². The maximum Gasteiger partial charge on any atom is 0.147 e. The van der Waals surface area contributed by atoms with Crippen molar-refractivity contribution in [2.24, 2.45) is 16.7 Å². The quantitative estimate of drug-likeness (QED) is 0.587. The van der Waals surface area contributed by atoms with E-state index in [0.717, 1.165) is 12.8 Å². The van der Waals surface area contributed by atoms with Gasteiger partial charge in [-0.25, -0.2) is 0 Å². The molecule has 0 heterocycles. The van der Waals surface area contributed by atoms with Gasteiger partial charge in [-0.05, 0) is 23.3 Å². The van der Waals surface area contributed by atoms with Crippen molar-refractivity contribution in [2.45, 2.75) is 26.7 Å². The first kappa shape index (κ1) is 9.14. The van der Waals surface area contributed by atoms with Gasteiger partial charge in [0.05, 0.1) is 5.41 Å². The van der Waals surface area contributed by atoms with Gasteiger partial charge >= 0.3 is 0 Å². The van der Waals surface area contributed by atoms with Crippen LogP contribution in [0.3, 0.4) is 0 Å². The smallest absolute Gasteiger partial charge is 0.147 e. The third kappa shape index (κ3) is 0.914. The molecule has 1 nitrogen and oxygen atoms in total. The van der Waals surface area contributed by atoms with Gasteiger partial charge in [0.2, 0.25) is 0 Å². The highest BCUT2D eigenvalue weighted by Crippen LogP contribution is 2.61. The first-order valence-electron chi connectivity index (χ1n) is 5.70. The van der Waals surface area contributed by atoms with Crippen molar-refractivity contribution < 1.29 is 4.79 Å². The third-order valence-corrected chi connectivity index (χ3v) is 4.32. The molecule has 0 radical (unpaired) electrons. The molecule has 0 aliphatic heterocycles. The lowest BCUT2D eigenvalue weighted by molar-refractivity contribution is -0.123. The fourth-order valence-corrected chi connectivity index (χ4v) is 3.70. The Labute approximate surface area is 90.6 Å². The number of ketones is 1. The topological polar surface area (TPSA) is 17.1 Å². The van der Waals surface area contributed by atoms with E-state index in [1.54, 1.807) is 0 Å². The Morgan fingerprint density at radius 2 is 2.13 bits per heavy atom. The molecule has 0 saturated heterocycles. The lowest BCUT2D eigenvalue weighted by atomic mass is 9.68.